The highest BCUT2D eigenvalue weighted by molar-refractivity contribution is 7.09. The van der Waals surface area contributed by atoms with E-state index >= 15 is 0 Å². The molecule has 1 aliphatic rings. The van der Waals surface area contributed by atoms with E-state index in [1.165, 1.54) is 16.9 Å². The summed E-state index contributed by atoms with van der Waals surface area (Å²) in [6, 6.07) is 21.5. The zero-order valence-electron chi connectivity index (χ0n) is 23.9. The van der Waals surface area contributed by atoms with E-state index in [9.17, 15) is 9.59 Å². The third-order valence-corrected chi connectivity index (χ3v) is 8.53. The Morgan fingerprint density at radius 1 is 1.00 bits per heavy atom. The van der Waals surface area contributed by atoms with Crippen LogP contribution in [0.1, 0.15) is 50.5 Å². The van der Waals surface area contributed by atoms with Gasteiger partial charge in [0.2, 0.25) is 0 Å². The second kappa shape index (κ2) is 14.4. The maximum atomic E-state index is 13.3. The van der Waals surface area contributed by atoms with Gasteiger partial charge in [0.05, 0.1) is 23.7 Å². The number of rotatable bonds is 11. The predicted molar refractivity (Wildman–Crippen MR) is 170 cm³/mol. The first-order valence-corrected chi connectivity index (χ1v) is 15.6. The summed E-state index contributed by atoms with van der Waals surface area (Å²) in [5.74, 6) is -0.0891. The Hall–Kier alpha value is -3.72. The highest BCUT2D eigenvalue weighted by Crippen LogP contribution is 2.21. The smallest absolute Gasteiger partial charge is 0.273 e. The van der Waals surface area contributed by atoms with Crippen LogP contribution in [-0.2, 0) is 13.1 Å². The number of aromatic nitrogens is 2. The van der Waals surface area contributed by atoms with Crippen LogP contribution in [0.25, 0.3) is 6.08 Å². The minimum Gasteiger partial charge on any atom is -0.343 e. The molecule has 42 heavy (non-hydrogen) atoms. The molecule has 218 valence electrons. The average molecular weight is 602 g/mol. The van der Waals surface area contributed by atoms with Gasteiger partial charge in [0, 0.05) is 56.5 Å². The number of thiazole rings is 1. The van der Waals surface area contributed by atoms with Gasteiger partial charge >= 0.3 is 0 Å². The van der Waals surface area contributed by atoms with Gasteiger partial charge in [-0.3, -0.25) is 14.5 Å². The standard InChI is InChI=1S/C33H36ClN5O2S/c1-2-16-39(32(40)28-14-6-7-15-29(28)34)23-27-13-9-18-38(27)24-31-35-30(25-42-31)33(41)37-21-19-36(20-22-37)17-8-12-26-10-4-3-5-11-26/h3-15,18,25H,2,16-17,19-24H2,1H3. The molecule has 1 aliphatic heterocycles. The van der Waals surface area contributed by atoms with E-state index in [1.54, 1.807) is 12.1 Å². The molecule has 0 spiro atoms. The fraction of sp³-hybridized carbons (Fsp3) is 0.303. The lowest BCUT2D eigenvalue weighted by Crippen LogP contribution is -2.48. The Kier molecular flexibility index (Phi) is 10.2. The number of carbonyl (C=O) groups excluding carboxylic acids is 2. The number of amides is 2. The van der Waals surface area contributed by atoms with Crippen LogP contribution in [0.2, 0.25) is 5.02 Å². The van der Waals surface area contributed by atoms with Crippen LogP contribution in [0.5, 0.6) is 0 Å². The number of halogens is 1. The van der Waals surface area contributed by atoms with Crippen LogP contribution in [0.15, 0.2) is 84.4 Å². The van der Waals surface area contributed by atoms with Gasteiger partial charge in [-0.05, 0) is 36.2 Å². The van der Waals surface area contributed by atoms with Crippen LogP contribution in [-0.4, -0.2) is 75.3 Å². The van der Waals surface area contributed by atoms with E-state index in [4.69, 9.17) is 16.6 Å². The molecule has 0 saturated carbocycles. The number of carbonyl (C=O) groups is 2. The van der Waals surface area contributed by atoms with Crippen molar-refractivity contribution in [1.82, 2.24) is 24.3 Å². The molecule has 1 saturated heterocycles. The third-order valence-electron chi connectivity index (χ3n) is 7.37. The Balaban J connectivity index is 1.16. The number of hydrogen-bond acceptors (Lipinski definition) is 5. The number of piperazine rings is 1. The van der Waals surface area contributed by atoms with Crippen molar-refractivity contribution in [1.29, 1.82) is 0 Å². The van der Waals surface area contributed by atoms with Crippen molar-refractivity contribution in [3.8, 4) is 0 Å². The summed E-state index contributed by atoms with van der Waals surface area (Å²) in [5.41, 5.74) is 3.21. The molecule has 3 heterocycles. The summed E-state index contributed by atoms with van der Waals surface area (Å²) in [6.07, 6.45) is 7.16. The Morgan fingerprint density at radius 3 is 2.52 bits per heavy atom. The molecule has 5 rings (SSSR count). The largest absolute Gasteiger partial charge is 0.343 e. The average Bonchev–Trinajstić information content (AvgIpc) is 3.67. The lowest BCUT2D eigenvalue weighted by atomic mass is 10.2. The first-order chi connectivity index (χ1) is 20.5. The third kappa shape index (κ3) is 7.56. The number of nitrogens with zero attached hydrogens (tertiary/aromatic N) is 5. The first-order valence-electron chi connectivity index (χ1n) is 14.4. The van der Waals surface area contributed by atoms with E-state index < -0.39 is 0 Å². The minimum atomic E-state index is -0.0790. The molecule has 0 aliphatic carbocycles. The van der Waals surface area contributed by atoms with Gasteiger partial charge in [0.25, 0.3) is 11.8 Å². The van der Waals surface area contributed by atoms with Crippen molar-refractivity contribution < 1.29 is 9.59 Å². The Bertz CT molecular complexity index is 1510. The van der Waals surface area contributed by atoms with Gasteiger partial charge in [0.15, 0.2) is 0 Å². The fourth-order valence-electron chi connectivity index (χ4n) is 5.10. The molecule has 7 nitrogen and oxygen atoms in total. The highest BCUT2D eigenvalue weighted by atomic mass is 35.5. The molecule has 0 radical (unpaired) electrons. The molecule has 4 aromatic rings. The molecule has 9 heteroatoms. The Labute approximate surface area is 256 Å². The van der Waals surface area contributed by atoms with E-state index in [0.717, 1.165) is 36.8 Å². The SMILES string of the molecule is CCCN(Cc1cccn1Cc1nc(C(=O)N2CCN(CC=Cc3ccccc3)CC2)cs1)C(=O)c1ccccc1Cl. The molecular weight excluding hydrogens is 566 g/mol. The van der Waals surface area contributed by atoms with Gasteiger partial charge in [-0.15, -0.1) is 11.3 Å². The van der Waals surface area contributed by atoms with Crippen LogP contribution in [0, 0.1) is 0 Å². The second-order valence-corrected chi connectivity index (χ2v) is 11.7. The van der Waals surface area contributed by atoms with Crippen LogP contribution in [0.4, 0.5) is 0 Å². The minimum absolute atomic E-state index is 0.0100. The molecular formula is C33H36ClN5O2S. The van der Waals surface area contributed by atoms with Gasteiger partial charge in [-0.25, -0.2) is 4.98 Å². The maximum Gasteiger partial charge on any atom is 0.273 e. The van der Waals surface area contributed by atoms with Gasteiger partial charge < -0.3 is 14.4 Å². The molecule has 0 unspecified atom stereocenters. The zero-order chi connectivity index (χ0) is 29.3. The molecule has 2 aromatic heterocycles. The van der Waals surface area contributed by atoms with Gasteiger partial charge in [0.1, 0.15) is 10.7 Å². The maximum absolute atomic E-state index is 13.3. The van der Waals surface area contributed by atoms with Crippen molar-refractivity contribution in [2.45, 2.75) is 26.4 Å². The summed E-state index contributed by atoms with van der Waals surface area (Å²) in [5, 5.41) is 3.18. The molecule has 0 N–H and O–H groups in total. The van der Waals surface area contributed by atoms with Crippen molar-refractivity contribution in [2.24, 2.45) is 0 Å². The fourth-order valence-corrected chi connectivity index (χ4v) is 6.08. The van der Waals surface area contributed by atoms with E-state index in [2.05, 4.69) is 40.7 Å². The first kappa shape index (κ1) is 29.8. The van der Waals surface area contributed by atoms with Crippen LogP contribution < -0.4 is 0 Å². The summed E-state index contributed by atoms with van der Waals surface area (Å²) in [4.78, 5) is 37.3. The lowest BCUT2D eigenvalue weighted by molar-refractivity contribution is 0.0644. The summed E-state index contributed by atoms with van der Waals surface area (Å²) in [7, 11) is 0. The quantitative estimate of drug-likeness (QED) is 0.206. The second-order valence-electron chi connectivity index (χ2n) is 10.4. The lowest BCUT2D eigenvalue weighted by Gasteiger charge is -2.33. The van der Waals surface area contributed by atoms with E-state index in [-0.39, 0.29) is 11.8 Å². The summed E-state index contributed by atoms with van der Waals surface area (Å²) in [6.45, 7) is 7.64. The molecule has 2 aromatic carbocycles. The van der Waals surface area contributed by atoms with E-state index in [1.807, 2.05) is 63.8 Å². The van der Waals surface area contributed by atoms with E-state index in [0.29, 0.717) is 49.0 Å². The molecule has 0 atom stereocenters. The Morgan fingerprint density at radius 2 is 1.76 bits per heavy atom. The number of hydrogen-bond donors (Lipinski definition) is 0. The van der Waals surface area contributed by atoms with Crippen molar-refractivity contribution in [3.05, 3.63) is 117 Å². The zero-order valence-corrected chi connectivity index (χ0v) is 25.4. The van der Waals surface area contributed by atoms with Crippen molar-refractivity contribution in [3.63, 3.8) is 0 Å². The summed E-state index contributed by atoms with van der Waals surface area (Å²) >= 11 is 7.82. The van der Waals surface area contributed by atoms with Gasteiger partial charge in [-0.1, -0.05) is 73.1 Å². The molecule has 1 fully saturated rings. The highest BCUT2D eigenvalue weighted by Gasteiger charge is 2.24. The number of benzene rings is 2. The van der Waals surface area contributed by atoms with Gasteiger partial charge in [-0.2, -0.15) is 0 Å². The summed E-state index contributed by atoms with van der Waals surface area (Å²) < 4.78 is 2.09. The normalized spacial score (nSPS) is 14.0. The molecule has 2 amide bonds. The molecule has 0 bridgehead atoms. The predicted octanol–water partition coefficient (Wildman–Crippen LogP) is 6.17. The topological polar surface area (TPSA) is 61.7 Å². The van der Waals surface area contributed by atoms with Crippen molar-refractivity contribution in [2.75, 3.05) is 39.3 Å². The monoisotopic (exact) mass is 601 g/mol. The van der Waals surface area contributed by atoms with Crippen LogP contribution >= 0.6 is 22.9 Å². The van der Waals surface area contributed by atoms with Crippen molar-refractivity contribution >= 4 is 40.8 Å². The van der Waals surface area contributed by atoms with Crippen LogP contribution in [0.3, 0.4) is 0 Å².